The Balaban J connectivity index is 1.92. The fourth-order valence-electron chi connectivity index (χ4n) is 2.56. The van der Waals surface area contributed by atoms with Crippen molar-refractivity contribution in [3.05, 3.63) is 0 Å². The number of amides is 2. The lowest BCUT2D eigenvalue weighted by molar-refractivity contribution is 0.174. The smallest absolute Gasteiger partial charge is 0.318 e. The van der Waals surface area contributed by atoms with E-state index in [2.05, 4.69) is 5.32 Å². The van der Waals surface area contributed by atoms with Crippen LogP contribution >= 0.6 is 12.2 Å². The Kier molecular flexibility index (Phi) is 4.20. The summed E-state index contributed by atoms with van der Waals surface area (Å²) < 4.78 is 0. The maximum Gasteiger partial charge on any atom is 0.318 e. The molecule has 5 heteroatoms. The summed E-state index contributed by atoms with van der Waals surface area (Å²) in [5, 5.41) is 3.07. The number of nitrogens with zero attached hydrogens (tertiary/aromatic N) is 1. The Morgan fingerprint density at radius 2 is 1.88 bits per heavy atom. The van der Waals surface area contributed by atoms with Crippen molar-refractivity contribution >= 4 is 23.2 Å². The summed E-state index contributed by atoms with van der Waals surface area (Å²) >= 11 is 4.94. The van der Waals surface area contributed by atoms with Gasteiger partial charge in [-0.25, -0.2) is 4.79 Å². The van der Waals surface area contributed by atoms with E-state index >= 15 is 0 Å². The predicted octanol–water partition coefficient (Wildman–Crippen LogP) is 1.78. The van der Waals surface area contributed by atoms with Crippen LogP contribution in [0.3, 0.4) is 0 Å². The average Bonchev–Trinajstić information content (AvgIpc) is 2.72. The zero-order valence-electron chi connectivity index (χ0n) is 10.2. The molecule has 0 saturated heterocycles. The highest BCUT2D eigenvalue weighted by atomic mass is 32.1. The van der Waals surface area contributed by atoms with Crippen LogP contribution in [0.4, 0.5) is 4.79 Å². The van der Waals surface area contributed by atoms with Crippen LogP contribution in [0.2, 0.25) is 0 Å². The summed E-state index contributed by atoms with van der Waals surface area (Å²) in [4.78, 5) is 14.4. The summed E-state index contributed by atoms with van der Waals surface area (Å²) in [7, 11) is 0. The molecule has 2 amide bonds. The number of carbonyl (C=O) groups excluding carboxylic acids is 1. The van der Waals surface area contributed by atoms with E-state index < -0.39 is 0 Å². The second-order valence-corrected chi connectivity index (χ2v) is 5.63. The maximum absolute atomic E-state index is 12.2. The number of carbonyl (C=O) groups is 1. The van der Waals surface area contributed by atoms with Crippen molar-refractivity contribution in [3.8, 4) is 0 Å². The first-order chi connectivity index (χ1) is 8.16. The van der Waals surface area contributed by atoms with Crippen LogP contribution < -0.4 is 11.1 Å². The molecular weight excluding hydrogens is 234 g/mol. The van der Waals surface area contributed by atoms with Gasteiger partial charge in [0, 0.05) is 12.1 Å². The summed E-state index contributed by atoms with van der Waals surface area (Å²) in [6.07, 6.45) is 8.02. The first-order valence-electron chi connectivity index (χ1n) is 6.52. The van der Waals surface area contributed by atoms with Gasteiger partial charge in [-0.15, -0.1) is 0 Å². The molecule has 0 aromatic heterocycles. The van der Waals surface area contributed by atoms with E-state index in [4.69, 9.17) is 18.0 Å². The molecule has 2 aliphatic rings. The molecule has 0 spiro atoms. The van der Waals surface area contributed by atoms with Crippen molar-refractivity contribution < 1.29 is 4.79 Å². The quantitative estimate of drug-likeness (QED) is 0.753. The number of nitrogens with two attached hydrogens (primary N) is 1. The minimum atomic E-state index is 0.0226. The second kappa shape index (κ2) is 5.67. The molecule has 17 heavy (non-hydrogen) atoms. The molecule has 2 rings (SSSR count). The minimum Gasteiger partial charge on any atom is -0.392 e. The molecule has 0 heterocycles. The minimum absolute atomic E-state index is 0.0226. The van der Waals surface area contributed by atoms with Gasteiger partial charge < -0.3 is 16.0 Å². The molecule has 0 aliphatic heterocycles. The molecule has 0 atom stereocenters. The van der Waals surface area contributed by atoms with E-state index in [1.54, 1.807) is 0 Å². The molecular formula is C12H21N3OS. The van der Waals surface area contributed by atoms with Crippen LogP contribution in [0.25, 0.3) is 0 Å². The van der Waals surface area contributed by atoms with Gasteiger partial charge in [0.15, 0.2) is 0 Å². The fourth-order valence-corrected chi connectivity index (χ4v) is 2.70. The third kappa shape index (κ3) is 3.31. The molecule has 2 saturated carbocycles. The number of rotatable bonds is 4. The van der Waals surface area contributed by atoms with E-state index in [-0.39, 0.29) is 6.03 Å². The van der Waals surface area contributed by atoms with Gasteiger partial charge >= 0.3 is 6.03 Å². The van der Waals surface area contributed by atoms with Crippen molar-refractivity contribution in [3.63, 3.8) is 0 Å². The van der Waals surface area contributed by atoms with E-state index in [1.165, 1.54) is 19.3 Å². The van der Waals surface area contributed by atoms with Crippen LogP contribution in [0.5, 0.6) is 0 Å². The average molecular weight is 255 g/mol. The van der Waals surface area contributed by atoms with Gasteiger partial charge in [0.25, 0.3) is 0 Å². The molecule has 0 aromatic carbocycles. The van der Waals surface area contributed by atoms with Crippen LogP contribution in [0.15, 0.2) is 0 Å². The highest BCUT2D eigenvalue weighted by Gasteiger charge is 2.29. The third-order valence-electron chi connectivity index (χ3n) is 3.79. The van der Waals surface area contributed by atoms with Crippen molar-refractivity contribution in [1.82, 2.24) is 10.2 Å². The van der Waals surface area contributed by atoms with Crippen molar-refractivity contribution in [2.45, 2.75) is 57.0 Å². The van der Waals surface area contributed by atoms with Gasteiger partial charge in [-0.2, -0.15) is 0 Å². The highest BCUT2D eigenvalue weighted by molar-refractivity contribution is 7.80. The lowest BCUT2D eigenvalue weighted by Gasteiger charge is -2.33. The Morgan fingerprint density at radius 3 is 2.35 bits per heavy atom. The lowest BCUT2D eigenvalue weighted by atomic mass is 9.93. The van der Waals surface area contributed by atoms with Gasteiger partial charge in [0.1, 0.15) is 0 Å². The lowest BCUT2D eigenvalue weighted by Crippen LogP contribution is -2.52. The van der Waals surface area contributed by atoms with Crippen LogP contribution in [-0.4, -0.2) is 34.5 Å². The number of hydrogen-bond acceptors (Lipinski definition) is 2. The normalized spacial score (nSPS) is 20.9. The van der Waals surface area contributed by atoms with Gasteiger partial charge in [0.2, 0.25) is 0 Å². The Morgan fingerprint density at radius 1 is 1.24 bits per heavy atom. The van der Waals surface area contributed by atoms with Crippen LogP contribution in [0, 0.1) is 0 Å². The summed E-state index contributed by atoms with van der Waals surface area (Å²) in [6.45, 7) is 0.415. The molecule has 0 radical (unpaired) electrons. The van der Waals surface area contributed by atoms with Crippen molar-refractivity contribution in [2.24, 2.45) is 5.73 Å². The van der Waals surface area contributed by atoms with E-state index in [0.717, 1.165) is 25.7 Å². The van der Waals surface area contributed by atoms with Crippen molar-refractivity contribution in [2.75, 3.05) is 6.54 Å². The summed E-state index contributed by atoms with van der Waals surface area (Å²) in [6, 6.07) is 0.726. The van der Waals surface area contributed by atoms with Gasteiger partial charge in [-0.3, -0.25) is 0 Å². The largest absolute Gasteiger partial charge is 0.392 e. The number of thiocarbonyl (C=S) groups is 1. The first-order valence-corrected chi connectivity index (χ1v) is 6.93. The van der Waals surface area contributed by atoms with Crippen LogP contribution in [0.1, 0.15) is 44.9 Å². The van der Waals surface area contributed by atoms with E-state index in [1.807, 2.05) is 4.90 Å². The second-order valence-electron chi connectivity index (χ2n) is 5.11. The zero-order valence-corrected chi connectivity index (χ0v) is 11.0. The van der Waals surface area contributed by atoms with E-state index in [0.29, 0.717) is 23.6 Å². The molecule has 2 aliphatic carbocycles. The number of nitrogens with one attached hydrogen (secondary N) is 1. The molecule has 0 aromatic rings. The van der Waals surface area contributed by atoms with Gasteiger partial charge in [-0.1, -0.05) is 25.1 Å². The Labute approximate surface area is 108 Å². The number of urea groups is 1. The summed E-state index contributed by atoms with van der Waals surface area (Å²) in [5.74, 6) is 0. The maximum atomic E-state index is 12.2. The molecule has 0 bridgehead atoms. The van der Waals surface area contributed by atoms with Crippen LogP contribution in [-0.2, 0) is 0 Å². The third-order valence-corrected chi connectivity index (χ3v) is 3.91. The zero-order chi connectivity index (χ0) is 12.3. The standard InChI is InChI=1S/C12H21N3OS/c13-11(17)8-15(10-6-1-2-7-10)12(16)14-9-4-3-5-9/h9-10H,1-8H2,(H2,13,17)(H,14,16). The molecule has 0 unspecified atom stereocenters. The monoisotopic (exact) mass is 255 g/mol. The molecule has 96 valence electrons. The topological polar surface area (TPSA) is 58.4 Å². The Bertz CT molecular complexity index is 298. The van der Waals surface area contributed by atoms with E-state index in [9.17, 15) is 4.79 Å². The number of hydrogen-bond donors (Lipinski definition) is 2. The first kappa shape index (κ1) is 12.6. The Hall–Kier alpha value is -0.840. The molecule has 3 N–H and O–H groups in total. The predicted molar refractivity (Wildman–Crippen MR) is 71.9 cm³/mol. The van der Waals surface area contributed by atoms with Gasteiger partial charge in [0.05, 0.1) is 11.5 Å². The molecule has 4 nitrogen and oxygen atoms in total. The fraction of sp³-hybridized carbons (Fsp3) is 0.833. The highest BCUT2D eigenvalue weighted by Crippen LogP contribution is 2.24. The SMILES string of the molecule is NC(=S)CN(C(=O)NC1CCC1)C1CCCC1. The van der Waals surface area contributed by atoms with Gasteiger partial charge in [-0.05, 0) is 32.1 Å². The summed E-state index contributed by atoms with van der Waals surface area (Å²) in [5.41, 5.74) is 5.59. The molecule has 2 fully saturated rings. The van der Waals surface area contributed by atoms with Crippen molar-refractivity contribution in [1.29, 1.82) is 0 Å².